The van der Waals surface area contributed by atoms with Gasteiger partial charge in [0, 0.05) is 26.2 Å². The van der Waals surface area contributed by atoms with E-state index >= 15 is 0 Å². The first-order valence-electron chi connectivity index (χ1n) is 9.20. The predicted molar refractivity (Wildman–Crippen MR) is 102 cm³/mol. The quantitative estimate of drug-likeness (QED) is 0.662. The summed E-state index contributed by atoms with van der Waals surface area (Å²) in [6, 6.07) is 0.595. The Hall–Kier alpha value is -3.61. The summed E-state index contributed by atoms with van der Waals surface area (Å²) in [5, 5.41) is 2.47. The lowest BCUT2D eigenvalue weighted by molar-refractivity contribution is -0.141. The molecule has 0 bridgehead atoms. The van der Waals surface area contributed by atoms with Gasteiger partial charge < -0.3 is 19.5 Å². The summed E-state index contributed by atoms with van der Waals surface area (Å²) in [4.78, 5) is 34.3. The number of hydrogen-bond acceptors (Lipinski definition) is 8. The van der Waals surface area contributed by atoms with Gasteiger partial charge in [0.2, 0.25) is 5.95 Å². The summed E-state index contributed by atoms with van der Waals surface area (Å²) in [6.07, 6.45) is 0.711. The van der Waals surface area contributed by atoms with Crippen molar-refractivity contribution in [1.82, 2.24) is 29.5 Å². The van der Waals surface area contributed by atoms with Gasteiger partial charge in [0.25, 0.3) is 5.91 Å². The number of aryl methyl sites for hydroxylation is 1. The molecule has 31 heavy (non-hydrogen) atoms. The molecule has 0 aromatic carbocycles. The molecule has 1 fully saturated rings. The third-order valence-electron chi connectivity index (χ3n) is 4.49. The lowest BCUT2D eigenvalue weighted by Crippen LogP contribution is -2.37. The third kappa shape index (κ3) is 4.60. The molecule has 3 aromatic heterocycles. The molecule has 0 saturated carbocycles. The van der Waals surface area contributed by atoms with Crippen molar-refractivity contribution >= 4 is 17.5 Å². The van der Waals surface area contributed by atoms with Gasteiger partial charge in [-0.2, -0.15) is 13.2 Å². The Balaban J connectivity index is 1.58. The SMILES string of the molecule is Cn1cncc1-c1nc(C(=O)Nc2cnc(N3CCOCC3)nc2)cc(C(F)(F)F)n1. The Morgan fingerprint density at radius 1 is 1.13 bits per heavy atom. The standard InChI is InChI=1S/C18H17F3N8O2/c1-28-10-22-9-13(28)15-26-12(6-14(27-15)18(19,20)21)16(30)25-11-7-23-17(24-8-11)29-2-4-31-5-3-29/h6-10H,2-5H2,1H3,(H,25,30). The van der Waals surface area contributed by atoms with E-state index in [4.69, 9.17) is 4.74 Å². The fourth-order valence-corrected chi connectivity index (χ4v) is 2.90. The van der Waals surface area contributed by atoms with Crippen LogP contribution in [0.25, 0.3) is 11.5 Å². The van der Waals surface area contributed by atoms with Gasteiger partial charge in [-0.05, 0) is 0 Å². The zero-order valence-electron chi connectivity index (χ0n) is 16.3. The largest absolute Gasteiger partial charge is 0.433 e. The van der Waals surface area contributed by atoms with Crippen LogP contribution in [0.5, 0.6) is 0 Å². The van der Waals surface area contributed by atoms with Gasteiger partial charge in [-0.25, -0.2) is 24.9 Å². The highest BCUT2D eigenvalue weighted by atomic mass is 19.4. The van der Waals surface area contributed by atoms with Crippen molar-refractivity contribution in [1.29, 1.82) is 0 Å². The molecule has 13 heteroatoms. The minimum Gasteiger partial charge on any atom is -0.378 e. The normalized spacial score (nSPS) is 14.5. The molecule has 10 nitrogen and oxygen atoms in total. The highest BCUT2D eigenvalue weighted by Crippen LogP contribution is 2.29. The summed E-state index contributed by atoms with van der Waals surface area (Å²) >= 11 is 0. The van der Waals surface area contributed by atoms with Gasteiger partial charge in [0.1, 0.15) is 17.1 Å². The molecule has 3 aromatic rings. The molecule has 4 heterocycles. The van der Waals surface area contributed by atoms with Crippen LogP contribution in [0.4, 0.5) is 24.8 Å². The van der Waals surface area contributed by atoms with Crippen LogP contribution in [0.1, 0.15) is 16.2 Å². The van der Waals surface area contributed by atoms with E-state index in [1.807, 2.05) is 4.90 Å². The van der Waals surface area contributed by atoms with E-state index in [1.54, 1.807) is 7.05 Å². The van der Waals surface area contributed by atoms with Crippen molar-refractivity contribution in [3.8, 4) is 11.5 Å². The fourth-order valence-electron chi connectivity index (χ4n) is 2.90. The topological polar surface area (TPSA) is 111 Å². The minimum atomic E-state index is -4.76. The zero-order valence-corrected chi connectivity index (χ0v) is 16.3. The molecule has 1 N–H and O–H groups in total. The van der Waals surface area contributed by atoms with E-state index in [9.17, 15) is 18.0 Å². The summed E-state index contributed by atoms with van der Waals surface area (Å²) in [5.41, 5.74) is -1.23. The van der Waals surface area contributed by atoms with Crippen molar-refractivity contribution in [2.75, 3.05) is 36.5 Å². The van der Waals surface area contributed by atoms with Gasteiger partial charge >= 0.3 is 6.18 Å². The molecule has 1 aliphatic rings. The lowest BCUT2D eigenvalue weighted by Gasteiger charge is -2.26. The van der Waals surface area contributed by atoms with Gasteiger partial charge in [-0.15, -0.1) is 0 Å². The molecular weight excluding hydrogens is 417 g/mol. The van der Waals surface area contributed by atoms with E-state index in [0.717, 1.165) is 0 Å². The highest BCUT2D eigenvalue weighted by Gasteiger charge is 2.34. The second-order valence-corrected chi connectivity index (χ2v) is 6.67. The van der Waals surface area contributed by atoms with Crippen LogP contribution in [-0.2, 0) is 18.0 Å². The molecule has 0 spiro atoms. The van der Waals surface area contributed by atoms with Gasteiger partial charge in [0.05, 0.1) is 43.8 Å². The number of rotatable bonds is 4. The number of carbonyl (C=O) groups is 1. The molecule has 1 amide bonds. The number of aromatic nitrogens is 6. The highest BCUT2D eigenvalue weighted by molar-refractivity contribution is 6.03. The van der Waals surface area contributed by atoms with Crippen molar-refractivity contribution in [3.63, 3.8) is 0 Å². The maximum atomic E-state index is 13.3. The molecule has 1 saturated heterocycles. The summed E-state index contributed by atoms with van der Waals surface area (Å²) in [6.45, 7) is 2.42. The number of halogens is 3. The Morgan fingerprint density at radius 3 is 2.45 bits per heavy atom. The van der Waals surface area contributed by atoms with E-state index < -0.39 is 23.5 Å². The number of alkyl halides is 3. The van der Waals surface area contributed by atoms with Crippen LogP contribution in [0.3, 0.4) is 0 Å². The minimum absolute atomic E-state index is 0.219. The summed E-state index contributed by atoms with van der Waals surface area (Å²) in [7, 11) is 1.58. The van der Waals surface area contributed by atoms with E-state index in [2.05, 4.69) is 30.2 Å². The average molecular weight is 434 g/mol. The van der Waals surface area contributed by atoms with Crippen LogP contribution < -0.4 is 10.2 Å². The molecule has 0 radical (unpaired) electrons. The van der Waals surface area contributed by atoms with Crippen molar-refractivity contribution in [2.45, 2.75) is 6.18 Å². The third-order valence-corrected chi connectivity index (χ3v) is 4.49. The van der Waals surface area contributed by atoms with Crippen LogP contribution in [0.2, 0.25) is 0 Å². The maximum absolute atomic E-state index is 13.3. The number of nitrogens with one attached hydrogen (secondary N) is 1. The lowest BCUT2D eigenvalue weighted by atomic mass is 10.2. The molecule has 4 rings (SSSR count). The Kier molecular flexibility index (Phi) is 5.50. The van der Waals surface area contributed by atoms with Crippen LogP contribution >= 0.6 is 0 Å². The first kappa shape index (κ1) is 20.7. The second kappa shape index (κ2) is 8.26. The van der Waals surface area contributed by atoms with E-state index in [-0.39, 0.29) is 17.2 Å². The van der Waals surface area contributed by atoms with Crippen molar-refractivity contribution < 1.29 is 22.7 Å². The van der Waals surface area contributed by atoms with Gasteiger partial charge in [0.15, 0.2) is 5.82 Å². The molecule has 162 valence electrons. The Labute approximate surface area is 174 Å². The monoisotopic (exact) mass is 434 g/mol. The van der Waals surface area contributed by atoms with Crippen LogP contribution in [0.15, 0.2) is 31.0 Å². The Bertz CT molecular complexity index is 1080. The number of hydrogen-bond donors (Lipinski definition) is 1. The predicted octanol–water partition coefficient (Wildman–Crippen LogP) is 1.77. The number of amides is 1. The van der Waals surface area contributed by atoms with Gasteiger partial charge in [-0.3, -0.25) is 4.79 Å². The van der Waals surface area contributed by atoms with E-state index in [0.29, 0.717) is 38.3 Å². The molecule has 0 unspecified atom stereocenters. The fraction of sp³-hybridized carbons (Fsp3) is 0.333. The molecule has 0 aliphatic carbocycles. The van der Waals surface area contributed by atoms with Crippen molar-refractivity contribution in [3.05, 3.63) is 42.4 Å². The number of morpholine rings is 1. The van der Waals surface area contributed by atoms with Crippen LogP contribution in [-0.4, -0.2) is 61.7 Å². The number of imidazole rings is 1. The first-order chi connectivity index (χ1) is 14.8. The number of anilines is 2. The van der Waals surface area contributed by atoms with Gasteiger partial charge in [-0.1, -0.05) is 0 Å². The van der Waals surface area contributed by atoms with Crippen molar-refractivity contribution in [2.24, 2.45) is 7.05 Å². The zero-order chi connectivity index (χ0) is 22.0. The number of nitrogens with zero attached hydrogens (tertiary/aromatic N) is 7. The summed E-state index contributed by atoms with van der Waals surface area (Å²) in [5.74, 6) is -0.640. The maximum Gasteiger partial charge on any atom is 0.433 e. The molecular formula is C18H17F3N8O2. The summed E-state index contributed by atoms with van der Waals surface area (Å²) < 4.78 is 46.7. The van der Waals surface area contributed by atoms with E-state index in [1.165, 1.54) is 29.5 Å². The second-order valence-electron chi connectivity index (χ2n) is 6.67. The first-order valence-corrected chi connectivity index (χ1v) is 9.20. The molecule has 0 atom stereocenters. The molecule has 1 aliphatic heterocycles. The number of ether oxygens (including phenoxy) is 1. The average Bonchev–Trinajstić information content (AvgIpc) is 3.20. The van der Waals surface area contributed by atoms with Crippen LogP contribution in [0, 0.1) is 0 Å². The Morgan fingerprint density at radius 2 is 1.84 bits per heavy atom. The smallest absolute Gasteiger partial charge is 0.378 e. The number of carbonyl (C=O) groups excluding carboxylic acids is 1.